The number of nitrogens with one attached hydrogen (secondary N) is 1. The molecule has 0 amide bonds. The molecule has 0 atom stereocenters. The van der Waals surface area contributed by atoms with Crippen molar-refractivity contribution in [3.05, 3.63) is 38.7 Å². The van der Waals surface area contributed by atoms with Gasteiger partial charge in [-0.2, -0.15) is 5.10 Å². The summed E-state index contributed by atoms with van der Waals surface area (Å²) in [6, 6.07) is 4.14. The standard InChI is InChI=1S/C14H14N4S2/c1-8-4-5-11(19-8)6-17-18-13-12-9(2)10(3)20-14(12)16-7-15-13/h4-7H,1-3H3,(H,15,16,18)/b17-6+. The van der Waals surface area contributed by atoms with Crippen molar-refractivity contribution in [2.45, 2.75) is 20.8 Å². The number of anilines is 1. The van der Waals surface area contributed by atoms with Gasteiger partial charge in [0.15, 0.2) is 5.82 Å². The Balaban J connectivity index is 1.89. The first-order chi connectivity index (χ1) is 9.65. The summed E-state index contributed by atoms with van der Waals surface area (Å²) in [4.78, 5) is 13.3. The molecule has 6 heteroatoms. The highest BCUT2D eigenvalue weighted by Gasteiger charge is 2.11. The minimum absolute atomic E-state index is 0.765. The van der Waals surface area contributed by atoms with Gasteiger partial charge in [-0.3, -0.25) is 5.43 Å². The van der Waals surface area contributed by atoms with E-state index in [4.69, 9.17) is 0 Å². The van der Waals surface area contributed by atoms with Crippen LogP contribution in [0.1, 0.15) is 20.2 Å². The Morgan fingerprint density at radius 2 is 2.00 bits per heavy atom. The smallest absolute Gasteiger partial charge is 0.158 e. The number of hydrazone groups is 1. The largest absolute Gasteiger partial charge is 0.261 e. The lowest BCUT2D eigenvalue weighted by Gasteiger charge is -2.01. The Hall–Kier alpha value is -1.79. The summed E-state index contributed by atoms with van der Waals surface area (Å²) in [5, 5.41) is 5.34. The summed E-state index contributed by atoms with van der Waals surface area (Å²) >= 11 is 3.40. The summed E-state index contributed by atoms with van der Waals surface area (Å²) in [6.45, 7) is 6.28. The molecule has 3 rings (SSSR count). The molecule has 0 aliphatic carbocycles. The van der Waals surface area contributed by atoms with Gasteiger partial charge in [0.25, 0.3) is 0 Å². The first kappa shape index (κ1) is 13.2. The molecular formula is C14H14N4S2. The zero-order valence-electron chi connectivity index (χ0n) is 11.5. The highest BCUT2D eigenvalue weighted by atomic mass is 32.1. The molecule has 1 N–H and O–H groups in total. The van der Waals surface area contributed by atoms with Crippen LogP contribution in [-0.2, 0) is 0 Å². The highest BCUT2D eigenvalue weighted by Crippen LogP contribution is 2.32. The molecule has 3 heterocycles. The van der Waals surface area contributed by atoms with Crippen molar-refractivity contribution in [1.29, 1.82) is 0 Å². The predicted molar refractivity (Wildman–Crippen MR) is 87.2 cm³/mol. The lowest BCUT2D eigenvalue weighted by atomic mass is 10.2. The monoisotopic (exact) mass is 302 g/mol. The summed E-state index contributed by atoms with van der Waals surface area (Å²) in [5.74, 6) is 0.765. The zero-order valence-corrected chi connectivity index (χ0v) is 13.1. The van der Waals surface area contributed by atoms with Gasteiger partial charge in [0.05, 0.1) is 11.6 Å². The minimum atomic E-state index is 0.765. The average molecular weight is 302 g/mol. The predicted octanol–water partition coefficient (Wildman–Crippen LogP) is 4.12. The molecule has 0 radical (unpaired) electrons. The maximum absolute atomic E-state index is 4.31. The van der Waals surface area contributed by atoms with Crippen molar-refractivity contribution < 1.29 is 0 Å². The molecule has 3 aromatic rings. The van der Waals surface area contributed by atoms with Crippen molar-refractivity contribution >= 4 is 44.9 Å². The van der Waals surface area contributed by atoms with Crippen LogP contribution in [0.3, 0.4) is 0 Å². The summed E-state index contributed by atoms with van der Waals surface area (Å²) in [7, 11) is 0. The van der Waals surface area contributed by atoms with E-state index in [1.54, 1.807) is 29.0 Å². The molecular weight excluding hydrogens is 288 g/mol. The van der Waals surface area contributed by atoms with E-state index in [0.29, 0.717) is 0 Å². The van der Waals surface area contributed by atoms with E-state index < -0.39 is 0 Å². The van der Waals surface area contributed by atoms with Crippen LogP contribution in [0.2, 0.25) is 0 Å². The summed E-state index contributed by atoms with van der Waals surface area (Å²) in [5.41, 5.74) is 4.25. The fourth-order valence-corrected chi connectivity index (χ4v) is 3.69. The Kier molecular flexibility index (Phi) is 3.50. The fraction of sp³-hybridized carbons (Fsp3) is 0.214. The number of nitrogens with zero attached hydrogens (tertiary/aromatic N) is 3. The molecule has 0 saturated heterocycles. The van der Waals surface area contributed by atoms with Gasteiger partial charge in [0, 0.05) is 14.6 Å². The van der Waals surface area contributed by atoms with E-state index in [1.165, 1.54) is 15.3 Å². The van der Waals surface area contributed by atoms with Gasteiger partial charge in [-0.1, -0.05) is 0 Å². The van der Waals surface area contributed by atoms with Crippen LogP contribution in [0.5, 0.6) is 0 Å². The van der Waals surface area contributed by atoms with Crippen molar-refractivity contribution in [1.82, 2.24) is 9.97 Å². The molecule has 0 fully saturated rings. The van der Waals surface area contributed by atoms with E-state index in [9.17, 15) is 0 Å². The second-order valence-corrected chi connectivity index (χ2v) is 7.03. The molecule has 20 heavy (non-hydrogen) atoms. The molecule has 4 nitrogen and oxygen atoms in total. The van der Waals surface area contributed by atoms with Crippen LogP contribution < -0.4 is 5.43 Å². The second kappa shape index (κ2) is 5.30. The molecule has 0 saturated carbocycles. The van der Waals surface area contributed by atoms with Crippen molar-refractivity contribution in [2.24, 2.45) is 5.10 Å². The van der Waals surface area contributed by atoms with Crippen LogP contribution in [0.4, 0.5) is 5.82 Å². The number of hydrogen-bond acceptors (Lipinski definition) is 6. The van der Waals surface area contributed by atoms with Gasteiger partial charge >= 0.3 is 0 Å². The van der Waals surface area contributed by atoms with Gasteiger partial charge in [-0.05, 0) is 38.5 Å². The number of fused-ring (bicyclic) bond motifs is 1. The molecule has 0 aliphatic heterocycles. The van der Waals surface area contributed by atoms with E-state index in [1.807, 2.05) is 6.21 Å². The number of hydrogen-bond donors (Lipinski definition) is 1. The minimum Gasteiger partial charge on any atom is -0.261 e. The van der Waals surface area contributed by atoms with Gasteiger partial charge < -0.3 is 0 Å². The summed E-state index contributed by atoms with van der Waals surface area (Å²) in [6.07, 6.45) is 3.39. The third-order valence-electron chi connectivity index (χ3n) is 3.09. The van der Waals surface area contributed by atoms with Crippen molar-refractivity contribution in [2.75, 3.05) is 5.43 Å². The van der Waals surface area contributed by atoms with Gasteiger partial charge in [-0.15, -0.1) is 22.7 Å². The van der Waals surface area contributed by atoms with Crippen molar-refractivity contribution in [3.8, 4) is 0 Å². The van der Waals surface area contributed by atoms with Crippen molar-refractivity contribution in [3.63, 3.8) is 0 Å². The molecule has 0 unspecified atom stereocenters. The third-order valence-corrected chi connectivity index (χ3v) is 5.14. The van der Waals surface area contributed by atoms with Gasteiger partial charge in [0.2, 0.25) is 0 Å². The SMILES string of the molecule is Cc1ccc(/C=N/Nc2ncnc3sc(C)c(C)c23)s1. The van der Waals surface area contributed by atoms with Crippen LogP contribution >= 0.6 is 22.7 Å². The molecule has 0 aromatic carbocycles. The fourth-order valence-electron chi connectivity index (χ4n) is 1.95. The first-order valence-corrected chi connectivity index (χ1v) is 7.84. The topological polar surface area (TPSA) is 50.2 Å². The van der Waals surface area contributed by atoms with Crippen LogP contribution in [0.15, 0.2) is 23.6 Å². The zero-order chi connectivity index (χ0) is 14.1. The van der Waals surface area contributed by atoms with Crippen LogP contribution in [0, 0.1) is 20.8 Å². The summed E-state index contributed by atoms with van der Waals surface area (Å²) < 4.78 is 0. The Morgan fingerprint density at radius 3 is 2.75 bits per heavy atom. The third kappa shape index (κ3) is 2.44. The normalized spacial score (nSPS) is 11.6. The average Bonchev–Trinajstić information content (AvgIpc) is 2.95. The first-order valence-electron chi connectivity index (χ1n) is 6.21. The number of aromatic nitrogens is 2. The van der Waals surface area contributed by atoms with E-state index in [2.05, 4.69) is 53.4 Å². The molecule has 0 spiro atoms. The Labute approximate surface area is 125 Å². The maximum Gasteiger partial charge on any atom is 0.158 e. The number of rotatable bonds is 3. The van der Waals surface area contributed by atoms with E-state index in [0.717, 1.165) is 20.9 Å². The van der Waals surface area contributed by atoms with Gasteiger partial charge in [-0.25, -0.2) is 9.97 Å². The molecule has 0 aliphatic rings. The highest BCUT2D eigenvalue weighted by molar-refractivity contribution is 7.18. The molecule has 102 valence electrons. The quantitative estimate of drug-likeness (QED) is 0.585. The van der Waals surface area contributed by atoms with Crippen LogP contribution in [-0.4, -0.2) is 16.2 Å². The van der Waals surface area contributed by atoms with E-state index >= 15 is 0 Å². The van der Waals surface area contributed by atoms with Crippen LogP contribution in [0.25, 0.3) is 10.2 Å². The van der Waals surface area contributed by atoms with Gasteiger partial charge in [0.1, 0.15) is 11.2 Å². The molecule has 0 bridgehead atoms. The number of aryl methyl sites for hydroxylation is 3. The maximum atomic E-state index is 4.31. The lowest BCUT2D eigenvalue weighted by Crippen LogP contribution is -1.94. The second-order valence-electron chi connectivity index (χ2n) is 4.50. The van der Waals surface area contributed by atoms with E-state index in [-0.39, 0.29) is 0 Å². The Bertz CT molecular complexity index is 786. The molecule has 3 aromatic heterocycles. The Morgan fingerprint density at radius 1 is 1.15 bits per heavy atom. The lowest BCUT2D eigenvalue weighted by molar-refractivity contribution is 1.19. The number of thiophene rings is 2.